The molecule has 1 aromatic carbocycles. The molecule has 0 spiro atoms. The average molecular weight is 529 g/mol. The van der Waals surface area contributed by atoms with Crippen LogP contribution in [0.3, 0.4) is 0 Å². The van der Waals surface area contributed by atoms with Gasteiger partial charge < -0.3 is 29.9 Å². The second-order valence-electron chi connectivity index (χ2n) is 12.6. The molecule has 1 saturated heterocycles. The van der Waals surface area contributed by atoms with Gasteiger partial charge in [0, 0.05) is 30.6 Å². The number of hydrogen-bond donors (Lipinski definition) is 4. The van der Waals surface area contributed by atoms with Crippen LogP contribution in [0.2, 0.25) is 0 Å². The van der Waals surface area contributed by atoms with Crippen LogP contribution in [0.5, 0.6) is 0 Å². The van der Waals surface area contributed by atoms with Crippen LogP contribution in [0.4, 0.5) is 0 Å². The van der Waals surface area contributed by atoms with Crippen molar-refractivity contribution in [3.8, 4) is 0 Å². The SMILES string of the molecule is CC1=C2[C@@H](O)C(=O)[C@@]3(C)C(C4COC4C[C@@H]3O)C(C)[C@](O)(C[C@@H]1OC(=O)[C@H](O)Cc1ccccc1)C2(C)C. The predicted octanol–water partition coefficient (Wildman–Crippen LogP) is 1.96. The molecule has 4 unspecified atom stereocenters. The molecule has 208 valence electrons. The van der Waals surface area contributed by atoms with E-state index in [1.807, 2.05) is 51.1 Å². The maximum Gasteiger partial charge on any atom is 0.335 e. The van der Waals surface area contributed by atoms with Crippen LogP contribution in [-0.2, 0) is 25.5 Å². The lowest BCUT2D eigenvalue weighted by Crippen LogP contribution is -2.72. The van der Waals surface area contributed by atoms with Crippen molar-refractivity contribution >= 4 is 11.8 Å². The normalized spacial score (nSPS) is 42.7. The highest BCUT2D eigenvalue weighted by Crippen LogP contribution is 2.63. The van der Waals surface area contributed by atoms with E-state index in [1.54, 1.807) is 13.8 Å². The third-order valence-electron chi connectivity index (χ3n) is 10.6. The average Bonchev–Trinajstić information content (AvgIpc) is 2.85. The summed E-state index contributed by atoms with van der Waals surface area (Å²) < 4.78 is 11.5. The fourth-order valence-electron chi connectivity index (χ4n) is 8.17. The molecule has 3 aliphatic carbocycles. The summed E-state index contributed by atoms with van der Waals surface area (Å²) in [6.07, 6.45) is -4.72. The van der Waals surface area contributed by atoms with Gasteiger partial charge in [0.25, 0.3) is 0 Å². The van der Waals surface area contributed by atoms with E-state index in [2.05, 4.69) is 0 Å². The summed E-state index contributed by atoms with van der Waals surface area (Å²) in [6.45, 7) is 9.37. The molecular formula is C30H40O8. The first-order valence-corrected chi connectivity index (χ1v) is 13.6. The molecule has 5 rings (SSSR count). The van der Waals surface area contributed by atoms with Crippen LogP contribution >= 0.6 is 0 Å². The van der Waals surface area contributed by atoms with Gasteiger partial charge >= 0.3 is 5.97 Å². The number of hydrogen-bond acceptors (Lipinski definition) is 8. The van der Waals surface area contributed by atoms with Gasteiger partial charge in [-0.1, -0.05) is 51.1 Å². The van der Waals surface area contributed by atoms with Crippen molar-refractivity contribution in [3.05, 3.63) is 47.0 Å². The summed E-state index contributed by atoms with van der Waals surface area (Å²) in [5, 5.41) is 45.9. The van der Waals surface area contributed by atoms with E-state index < -0.39 is 64.4 Å². The Balaban J connectivity index is 1.54. The Morgan fingerprint density at radius 2 is 1.84 bits per heavy atom. The number of esters is 1. The summed E-state index contributed by atoms with van der Waals surface area (Å²) in [7, 11) is 0. The van der Waals surface area contributed by atoms with Gasteiger partial charge in [-0.15, -0.1) is 0 Å². The number of ether oxygens (including phenoxy) is 2. The highest BCUT2D eigenvalue weighted by atomic mass is 16.6. The summed E-state index contributed by atoms with van der Waals surface area (Å²) in [5.41, 5.74) is -2.19. The Morgan fingerprint density at radius 1 is 1.18 bits per heavy atom. The number of Topliss-reactive ketones (excluding diaryl/α,β-unsaturated/α-hetero) is 1. The molecule has 0 amide bonds. The van der Waals surface area contributed by atoms with E-state index in [9.17, 15) is 30.0 Å². The van der Waals surface area contributed by atoms with E-state index >= 15 is 0 Å². The standard InChI is InChI=1S/C30H40O8/c1-15-21(38-27(35)19(31)11-17-9-7-6-8-10-17)13-30(36)16(2)24-18-14-37-20(18)12-22(32)29(24,5)26(34)25(33)23(15)28(30,3)4/h6-10,16,18-22,24-25,31-33,36H,11-14H2,1-5H3/t16?,18?,19-,20?,21+,22+,24?,25-,29-,30-/m1/s1. The smallest absolute Gasteiger partial charge is 0.335 e. The molecule has 2 bridgehead atoms. The Labute approximate surface area is 223 Å². The first-order chi connectivity index (χ1) is 17.7. The lowest BCUT2D eigenvalue weighted by molar-refractivity contribution is -0.261. The van der Waals surface area contributed by atoms with Gasteiger partial charge in [0.1, 0.15) is 12.2 Å². The first kappa shape index (κ1) is 27.5. The van der Waals surface area contributed by atoms with Gasteiger partial charge in [-0.25, -0.2) is 4.79 Å². The van der Waals surface area contributed by atoms with Crippen molar-refractivity contribution in [2.45, 2.75) is 90.0 Å². The molecule has 38 heavy (non-hydrogen) atoms. The summed E-state index contributed by atoms with van der Waals surface area (Å²) >= 11 is 0. The van der Waals surface area contributed by atoms with Crippen LogP contribution < -0.4 is 0 Å². The third-order valence-corrected chi connectivity index (χ3v) is 10.6. The largest absolute Gasteiger partial charge is 0.456 e. The van der Waals surface area contributed by atoms with Crippen molar-refractivity contribution in [3.63, 3.8) is 0 Å². The molecule has 2 saturated carbocycles. The van der Waals surface area contributed by atoms with E-state index in [0.29, 0.717) is 24.2 Å². The highest BCUT2D eigenvalue weighted by Gasteiger charge is 2.69. The molecule has 1 aliphatic heterocycles. The second kappa shape index (κ2) is 9.24. The Bertz CT molecular complexity index is 1140. The van der Waals surface area contributed by atoms with E-state index in [1.165, 1.54) is 0 Å². The van der Waals surface area contributed by atoms with Gasteiger partial charge in [-0.3, -0.25) is 4.79 Å². The van der Waals surface area contributed by atoms with Crippen LogP contribution in [-0.4, -0.2) is 74.9 Å². The van der Waals surface area contributed by atoms with Crippen molar-refractivity contribution < 1.29 is 39.5 Å². The number of aliphatic hydroxyl groups is 4. The monoisotopic (exact) mass is 528 g/mol. The zero-order chi connectivity index (χ0) is 27.8. The van der Waals surface area contributed by atoms with Crippen molar-refractivity contribution in [1.82, 2.24) is 0 Å². The fraction of sp³-hybridized carbons (Fsp3) is 0.667. The molecule has 0 radical (unpaired) electrons. The van der Waals surface area contributed by atoms with Gasteiger partial charge in [0.05, 0.1) is 29.8 Å². The second-order valence-corrected chi connectivity index (χ2v) is 12.6. The fourth-order valence-corrected chi connectivity index (χ4v) is 8.17. The number of ketones is 1. The van der Waals surface area contributed by atoms with Crippen molar-refractivity contribution in [1.29, 1.82) is 0 Å². The molecule has 1 heterocycles. The summed E-state index contributed by atoms with van der Waals surface area (Å²) in [6, 6.07) is 9.11. The third kappa shape index (κ3) is 3.75. The Kier molecular flexibility index (Phi) is 6.68. The van der Waals surface area contributed by atoms with Gasteiger partial charge in [0.2, 0.25) is 0 Å². The van der Waals surface area contributed by atoms with E-state index in [0.717, 1.165) is 5.56 Å². The molecule has 8 nitrogen and oxygen atoms in total. The Hall–Kier alpha value is -2.10. The lowest BCUT2D eigenvalue weighted by Gasteiger charge is -2.64. The zero-order valence-electron chi connectivity index (χ0n) is 22.8. The summed E-state index contributed by atoms with van der Waals surface area (Å²) in [5.74, 6) is -2.29. The molecule has 0 aromatic heterocycles. The minimum atomic E-state index is -1.58. The van der Waals surface area contributed by atoms with Crippen LogP contribution in [0, 0.1) is 28.6 Å². The first-order valence-electron chi connectivity index (χ1n) is 13.6. The minimum Gasteiger partial charge on any atom is -0.456 e. The molecule has 3 fully saturated rings. The Morgan fingerprint density at radius 3 is 2.45 bits per heavy atom. The van der Waals surface area contributed by atoms with Gasteiger partial charge in [-0.2, -0.15) is 0 Å². The lowest BCUT2D eigenvalue weighted by atomic mass is 9.44. The number of aliphatic hydroxyl groups excluding tert-OH is 3. The molecular weight excluding hydrogens is 488 g/mol. The highest BCUT2D eigenvalue weighted by molar-refractivity contribution is 5.93. The number of rotatable bonds is 4. The topological polar surface area (TPSA) is 134 Å². The molecule has 4 aliphatic rings. The minimum absolute atomic E-state index is 0.0438. The number of fused-ring (bicyclic) bond motifs is 5. The van der Waals surface area contributed by atoms with Crippen molar-refractivity contribution in [2.75, 3.05) is 6.61 Å². The van der Waals surface area contributed by atoms with Crippen LogP contribution in [0.1, 0.15) is 53.0 Å². The van der Waals surface area contributed by atoms with E-state index in [4.69, 9.17) is 9.47 Å². The van der Waals surface area contributed by atoms with Crippen molar-refractivity contribution in [2.24, 2.45) is 28.6 Å². The maximum absolute atomic E-state index is 14.1. The van der Waals surface area contributed by atoms with Crippen LogP contribution in [0.15, 0.2) is 41.5 Å². The molecule has 4 N–H and O–H groups in total. The summed E-state index contributed by atoms with van der Waals surface area (Å²) in [4.78, 5) is 27.0. The number of carbonyl (C=O) groups is 2. The van der Waals surface area contributed by atoms with Crippen LogP contribution in [0.25, 0.3) is 0 Å². The quantitative estimate of drug-likeness (QED) is 0.344. The molecule has 8 heteroatoms. The van der Waals surface area contributed by atoms with Gasteiger partial charge in [0.15, 0.2) is 11.9 Å². The van der Waals surface area contributed by atoms with Gasteiger partial charge in [-0.05, 0) is 42.4 Å². The molecule has 1 aromatic rings. The van der Waals surface area contributed by atoms with E-state index in [-0.39, 0.29) is 24.9 Å². The number of carbonyl (C=O) groups excluding carboxylic acids is 2. The molecule has 10 atom stereocenters. The number of benzene rings is 1. The maximum atomic E-state index is 14.1. The zero-order valence-corrected chi connectivity index (χ0v) is 22.8. The predicted molar refractivity (Wildman–Crippen MR) is 138 cm³/mol.